The molecule has 6 heteroatoms. The molecule has 1 heterocycles. The number of para-hydroxylation sites is 1. The van der Waals surface area contributed by atoms with E-state index in [0.29, 0.717) is 17.3 Å². The van der Waals surface area contributed by atoms with Crippen LogP contribution in [0.25, 0.3) is 5.69 Å². The van der Waals surface area contributed by atoms with E-state index in [-0.39, 0.29) is 11.4 Å². The summed E-state index contributed by atoms with van der Waals surface area (Å²) in [6.45, 7) is 5.79. The average Bonchev–Trinajstić information content (AvgIpc) is 2.63. The van der Waals surface area contributed by atoms with Gasteiger partial charge in [-0.15, -0.1) is 0 Å². The van der Waals surface area contributed by atoms with Crippen molar-refractivity contribution >= 4 is 11.6 Å². The molecular weight excluding hydrogens is 345 g/mol. The first-order valence-electron chi connectivity index (χ1n) is 8.64. The normalized spacial score (nSPS) is 10.9. The van der Waals surface area contributed by atoms with E-state index in [0.717, 1.165) is 5.56 Å². The van der Waals surface area contributed by atoms with Crippen LogP contribution in [-0.4, -0.2) is 15.7 Å². The maximum absolute atomic E-state index is 14.1. The van der Waals surface area contributed by atoms with Gasteiger partial charge in [0, 0.05) is 17.4 Å². The van der Waals surface area contributed by atoms with Crippen LogP contribution in [0.3, 0.4) is 0 Å². The molecule has 0 bridgehead atoms. The highest BCUT2D eigenvalue weighted by molar-refractivity contribution is 6.02. The Labute approximate surface area is 156 Å². The fraction of sp³-hybridized carbons (Fsp3) is 0.190. The first-order valence-corrected chi connectivity index (χ1v) is 8.64. The van der Waals surface area contributed by atoms with Crippen molar-refractivity contribution in [2.24, 2.45) is 0 Å². The maximum Gasteiger partial charge on any atom is 0.280 e. The van der Waals surface area contributed by atoms with Crippen LogP contribution >= 0.6 is 0 Å². The third kappa shape index (κ3) is 3.95. The minimum atomic E-state index is -0.637. The van der Waals surface area contributed by atoms with Crippen LogP contribution in [0.15, 0.2) is 59.4 Å². The average molecular weight is 365 g/mol. The van der Waals surface area contributed by atoms with Gasteiger partial charge in [0.25, 0.3) is 5.91 Å². The van der Waals surface area contributed by atoms with Gasteiger partial charge in [-0.1, -0.05) is 38.1 Å². The van der Waals surface area contributed by atoms with Crippen molar-refractivity contribution < 1.29 is 9.18 Å². The predicted molar refractivity (Wildman–Crippen MR) is 103 cm³/mol. The minimum Gasteiger partial charge on any atom is -0.320 e. The second kappa shape index (κ2) is 7.53. The Hall–Kier alpha value is -3.28. The van der Waals surface area contributed by atoms with Crippen molar-refractivity contribution in [1.29, 1.82) is 0 Å². The molecule has 0 unspecified atom stereocenters. The van der Waals surface area contributed by atoms with Gasteiger partial charge in [0.2, 0.25) is 5.43 Å². The third-order valence-electron chi connectivity index (χ3n) is 4.24. The van der Waals surface area contributed by atoms with E-state index < -0.39 is 17.2 Å². The molecule has 0 aliphatic heterocycles. The number of rotatable bonds is 4. The first kappa shape index (κ1) is 18.5. The van der Waals surface area contributed by atoms with Crippen molar-refractivity contribution in [2.45, 2.75) is 26.7 Å². The quantitative estimate of drug-likeness (QED) is 0.758. The number of hydrogen-bond acceptors (Lipinski definition) is 3. The molecule has 27 heavy (non-hydrogen) atoms. The summed E-state index contributed by atoms with van der Waals surface area (Å²) in [5.74, 6) is -0.753. The van der Waals surface area contributed by atoms with Crippen molar-refractivity contribution in [2.75, 3.05) is 5.32 Å². The summed E-state index contributed by atoms with van der Waals surface area (Å²) < 4.78 is 15.4. The fourth-order valence-electron chi connectivity index (χ4n) is 2.71. The zero-order chi connectivity index (χ0) is 19.6. The molecule has 5 nitrogen and oxygen atoms in total. The summed E-state index contributed by atoms with van der Waals surface area (Å²) in [6.07, 6.45) is 0. The Morgan fingerprint density at radius 3 is 2.41 bits per heavy atom. The highest BCUT2D eigenvalue weighted by atomic mass is 19.1. The zero-order valence-electron chi connectivity index (χ0n) is 15.4. The smallest absolute Gasteiger partial charge is 0.280 e. The lowest BCUT2D eigenvalue weighted by Crippen LogP contribution is -2.27. The van der Waals surface area contributed by atoms with Crippen molar-refractivity contribution in [3.8, 4) is 5.69 Å². The van der Waals surface area contributed by atoms with E-state index >= 15 is 0 Å². The standard InChI is InChI=1S/C21H20FN3O2/c1-13(2)15-8-10-16(11-9-15)23-21(27)20-19(26)12-14(3)25(24-20)18-7-5-4-6-17(18)22/h4-13H,1-3H3,(H,23,27). The van der Waals surface area contributed by atoms with Gasteiger partial charge in [-0.05, 0) is 42.7 Å². The number of aryl methyl sites for hydroxylation is 1. The summed E-state index contributed by atoms with van der Waals surface area (Å²) in [5, 5.41) is 6.77. The van der Waals surface area contributed by atoms with E-state index in [9.17, 15) is 14.0 Å². The van der Waals surface area contributed by atoms with E-state index in [2.05, 4.69) is 24.3 Å². The maximum atomic E-state index is 14.1. The van der Waals surface area contributed by atoms with Crippen LogP contribution in [0.2, 0.25) is 0 Å². The molecule has 3 aromatic rings. The molecule has 3 rings (SSSR count). The molecular formula is C21H20FN3O2. The van der Waals surface area contributed by atoms with Gasteiger partial charge < -0.3 is 5.32 Å². The van der Waals surface area contributed by atoms with Gasteiger partial charge in [-0.25, -0.2) is 9.07 Å². The highest BCUT2D eigenvalue weighted by Crippen LogP contribution is 2.18. The van der Waals surface area contributed by atoms with Crippen LogP contribution < -0.4 is 10.7 Å². The number of carbonyl (C=O) groups is 1. The molecule has 0 atom stereocenters. The van der Waals surface area contributed by atoms with Crippen molar-refractivity contribution in [1.82, 2.24) is 9.78 Å². The van der Waals surface area contributed by atoms with E-state index in [1.165, 1.54) is 22.9 Å². The number of benzene rings is 2. The van der Waals surface area contributed by atoms with Crippen LogP contribution in [0, 0.1) is 12.7 Å². The number of anilines is 1. The van der Waals surface area contributed by atoms with Gasteiger partial charge in [0.1, 0.15) is 11.5 Å². The lowest BCUT2D eigenvalue weighted by atomic mass is 10.0. The van der Waals surface area contributed by atoms with Gasteiger partial charge in [-0.2, -0.15) is 5.10 Å². The summed E-state index contributed by atoms with van der Waals surface area (Å²) in [7, 11) is 0. The lowest BCUT2D eigenvalue weighted by molar-refractivity contribution is 0.101. The van der Waals surface area contributed by atoms with Crippen molar-refractivity contribution in [3.05, 3.63) is 87.6 Å². The molecule has 0 spiro atoms. The van der Waals surface area contributed by atoms with E-state index in [4.69, 9.17) is 0 Å². The number of amides is 1. The fourth-order valence-corrected chi connectivity index (χ4v) is 2.71. The molecule has 0 aliphatic carbocycles. The molecule has 0 saturated carbocycles. The topological polar surface area (TPSA) is 64.0 Å². The monoisotopic (exact) mass is 365 g/mol. The third-order valence-corrected chi connectivity index (χ3v) is 4.24. The molecule has 1 amide bonds. The van der Waals surface area contributed by atoms with Crippen LogP contribution in [0.1, 0.15) is 41.5 Å². The number of halogens is 1. The molecule has 0 fully saturated rings. The Bertz CT molecular complexity index is 1040. The van der Waals surface area contributed by atoms with Crippen molar-refractivity contribution in [3.63, 3.8) is 0 Å². The van der Waals surface area contributed by atoms with Gasteiger partial charge in [-0.3, -0.25) is 9.59 Å². The Balaban J connectivity index is 1.94. The van der Waals surface area contributed by atoms with Gasteiger partial charge in [0.05, 0.1) is 0 Å². The Morgan fingerprint density at radius 1 is 1.11 bits per heavy atom. The summed E-state index contributed by atoms with van der Waals surface area (Å²) in [5.41, 5.74) is 1.49. The largest absolute Gasteiger partial charge is 0.320 e. The first-order chi connectivity index (χ1) is 12.9. The molecule has 1 aromatic heterocycles. The van der Waals surface area contributed by atoms with E-state index in [1.807, 2.05) is 12.1 Å². The summed E-state index contributed by atoms with van der Waals surface area (Å²) in [4.78, 5) is 24.8. The number of aromatic nitrogens is 2. The molecule has 2 aromatic carbocycles. The number of nitrogens with one attached hydrogen (secondary N) is 1. The van der Waals surface area contributed by atoms with Gasteiger partial charge >= 0.3 is 0 Å². The number of carbonyl (C=O) groups excluding carboxylic acids is 1. The second-order valence-corrected chi connectivity index (χ2v) is 6.59. The van der Waals surface area contributed by atoms with Gasteiger partial charge in [0.15, 0.2) is 5.69 Å². The number of hydrogen-bond donors (Lipinski definition) is 1. The number of nitrogens with zero attached hydrogens (tertiary/aromatic N) is 2. The van der Waals surface area contributed by atoms with E-state index in [1.54, 1.807) is 31.2 Å². The summed E-state index contributed by atoms with van der Waals surface area (Å²) >= 11 is 0. The minimum absolute atomic E-state index is 0.172. The molecule has 0 radical (unpaired) electrons. The SMILES string of the molecule is Cc1cc(=O)c(C(=O)Nc2ccc(C(C)C)cc2)nn1-c1ccccc1F. The van der Waals surface area contributed by atoms with Crippen LogP contribution in [0.4, 0.5) is 10.1 Å². The second-order valence-electron chi connectivity index (χ2n) is 6.59. The van der Waals surface area contributed by atoms with Crippen LogP contribution in [-0.2, 0) is 0 Å². The van der Waals surface area contributed by atoms with Crippen LogP contribution in [0.5, 0.6) is 0 Å². The molecule has 0 saturated heterocycles. The Kier molecular flexibility index (Phi) is 5.16. The Morgan fingerprint density at radius 2 is 1.78 bits per heavy atom. The zero-order valence-corrected chi connectivity index (χ0v) is 15.4. The molecule has 138 valence electrons. The highest BCUT2D eigenvalue weighted by Gasteiger charge is 2.17. The summed E-state index contributed by atoms with van der Waals surface area (Å²) in [6, 6.07) is 14.7. The molecule has 0 aliphatic rings. The lowest BCUT2D eigenvalue weighted by Gasteiger charge is -2.12. The molecule has 1 N–H and O–H groups in total. The predicted octanol–water partition coefficient (Wildman–Crippen LogP) is 4.06.